The van der Waals surface area contributed by atoms with Gasteiger partial charge in [-0.25, -0.2) is 0 Å². The fourth-order valence-electron chi connectivity index (χ4n) is 12.9. The first-order valence-corrected chi connectivity index (χ1v) is 23.0. The molecule has 1 saturated heterocycles. The van der Waals surface area contributed by atoms with Crippen LogP contribution < -0.4 is 11.1 Å². The first-order chi connectivity index (χ1) is 26.5. The highest BCUT2D eigenvalue weighted by molar-refractivity contribution is 7.13. The number of ether oxygens (including phenoxy) is 2. The lowest BCUT2D eigenvalue weighted by atomic mass is 9.48. The van der Waals surface area contributed by atoms with Crippen LogP contribution in [0.4, 0.5) is 0 Å². The molecule has 11 rings (SSSR count). The van der Waals surface area contributed by atoms with Gasteiger partial charge in [-0.3, -0.25) is 0 Å². The SMILES string of the molecule is Cc1sc2c(c1CCN)C(C1=CC3OC4CCCC=C4C4(C5=C(C=CC(C)C5)OC5C=C(C6CCCc7sc8c(c76)CCNC8)C=CC54)C3CC1)CC=C2. The molecule has 2 aromatic heterocycles. The number of hydrogen-bond acceptors (Lipinski definition) is 6. The Balaban J connectivity index is 1.02. The molecule has 9 unspecified atom stereocenters. The van der Waals surface area contributed by atoms with Gasteiger partial charge in [-0.05, 0) is 160 Å². The third kappa shape index (κ3) is 5.15. The molecule has 3 aliphatic heterocycles. The van der Waals surface area contributed by atoms with Crippen LogP contribution in [0, 0.1) is 30.1 Å². The molecule has 1 fully saturated rings. The first-order valence-electron chi connectivity index (χ1n) is 21.4. The molecular weight excluding hydrogens is 701 g/mol. The lowest BCUT2D eigenvalue weighted by molar-refractivity contribution is -0.118. The van der Waals surface area contributed by atoms with E-state index in [-0.39, 0.29) is 29.6 Å². The molecule has 0 saturated carbocycles. The summed E-state index contributed by atoms with van der Waals surface area (Å²) in [7, 11) is 0. The molecule has 2 aromatic rings. The molecule has 5 heterocycles. The zero-order valence-corrected chi connectivity index (χ0v) is 33.8. The van der Waals surface area contributed by atoms with Crippen molar-refractivity contribution in [3.63, 3.8) is 0 Å². The second-order valence-corrected chi connectivity index (χ2v) is 20.3. The van der Waals surface area contributed by atoms with Crippen molar-refractivity contribution < 1.29 is 9.47 Å². The van der Waals surface area contributed by atoms with E-state index in [4.69, 9.17) is 15.2 Å². The third-order valence-electron chi connectivity index (χ3n) is 15.0. The van der Waals surface area contributed by atoms with E-state index in [1.807, 2.05) is 11.3 Å². The zero-order valence-electron chi connectivity index (χ0n) is 32.1. The maximum atomic E-state index is 7.39. The van der Waals surface area contributed by atoms with Crippen LogP contribution in [0.15, 0.2) is 76.7 Å². The van der Waals surface area contributed by atoms with E-state index in [9.17, 15) is 0 Å². The van der Waals surface area contributed by atoms with Crippen LogP contribution in [0.5, 0.6) is 0 Å². The van der Waals surface area contributed by atoms with Gasteiger partial charge in [0.25, 0.3) is 0 Å². The lowest BCUT2D eigenvalue weighted by Gasteiger charge is -2.62. The van der Waals surface area contributed by atoms with Gasteiger partial charge < -0.3 is 20.5 Å². The zero-order chi connectivity index (χ0) is 36.1. The molecule has 54 heavy (non-hydrogen) atoms. The van der Waals surface area contributed by atoms with Crippen molar-refractivity contribution in [3.05, 3.63) is 118 Å². The molecule has 9 aliphatic rings. The molecule has 6 aliphatic carbocycles. The van der Waals surface area contributed by atoms with Gasteiger partial charge in [0.05, 0.1) is 12.2 Å². The van der Waals surface area contributed by atoms with Gasteiger partial charge in [0.2, 0.25) is 0 Å². The van der Waals surface area contributed by atoms with E-state index >= 15 is 0 Å². The molecule has 4 nitrogen and oxygen atoms in total. The van der Waals surface area contributed by atoms with Crippen LogP contribution in [-0.4, -0.2) is 31.4 Å². The van der Waals surface area contributed by atoms with E-state index in [0.29, 0.717) is 30.2 Å². The van der Waals surface area contributed by atoms with Gasteiger partial charge in [-0.15, -0.1) is 22.7 Å². The second kappa shape index (κ2) is 13.4. The predicted octanol–water partition coefficient (Wildman–Crippen LogP) is 10.4. The summed E-state index contributed by atoms with van der Waals surface area (Å²) in [4.78, 5) is 6.16. The van der Waals surface area contributed by atoms with Crippen LogP contribution in [-0.2, 0) is 35.3 Å². The largest absolute Gasteiger partial charge is 0.486 e. The van der Waals surface area contributed by atoms with Crippen LogP contribution in [0.1, 0.15) is 118 Å². The van der Waals surface area contributed by atoms with Crippen molar-refractivity contribution in [2.75, 3.05) is 13.1 Å². The van der Waals surface area contributed by atoms with E-state index in [2.05, 4.69) is 85.2 Å². The van der Waals surface area contributed by atoms with Gasteiger partial charge >= 0.3 is 0 Å². The molecule has 0 amide bonds. The number of rotatable bonds is 4. The van der Waals surface area contributed by atoms with E-state index in [1.165, 1.54) is 58.8 Å². The Morgan fingerprint density at radius 1 is 0.944 bits per heavy atom. The van der Waals surface area contributed by atoms with Gasteiger partial charge in [0, 0.05) is 55.1 Å². The molecule has 3 N–H and O–H groups in total. The number of nitrogens with one attached hydrogen (secondary N) is 1. The van der Waals surface area contributed by atoms with Crippen LogP contribution in [0.25, 0.3) is 6.08 Å². The van der Waals surface area contributed by atoms with E-state index < -0.39 is 0 Å². The number of fused-ring (bicyclic) bond motifs is 11. The summed E-state index contributed by atoms with van der Waals surface area (Å²) in [6, 6.07) is 0. The van der Waals surface area contributed by atoms with Crippen molar-refractivity contribution >= 4 is 28.7 Å². The number of thiophene rings is 2. The van der Waals surface area contributed by atoms with Gasteiger partial charge in [0.15, 0.2) is 0 Å². The smallest absolute Gasteiger partial charge is 0.125 e. The first kappa shape index (κ1) is 34.5. The maximum Gasteiger partial charge on any atom is 0.125 e. The monoisotopic (exact) mass is 756 g/mol. The second-order valence-electron chi connectivity index (χ2n) is 17.8. The average molecular weight is 757 g/mol. The molecule has 0 bridgehead atoms. The molecular formula is C48H56N2O2S2. The number of allylic oxidation sites excluding steroid dienone is 8. The lowest BCUT2D eigenvalue weighted by Crippen LogP contribution is -2.60. The Morgan fingerprint density at radius 3 is 2.81 bits per heavy atom. The summed E-state index contributed by atoms with van der Waals surface area (Å²) < 4.78 is 14.7. The number of hydrogen-bond donors (Lipinski definition) is 2. The van der Waals surface area contributed by atoms with Gasteiger partial charge in [-0.2, -0.15) is 0 Å². The molecule has 6 heteroatoms. The van der Waals surface area contributed by atoms with Crippen LogP contribution in [0.2, 0.25) is 0 Å². The molecule has 0 aromatic carbocycles. The van der Waals surface area contributed by atoms with Crippen LogP contribution in [0.3, 0.4) is 0 Å². The molecule has 282 valence electrons. The maximum absolute atomic E-state index is 7.39. The molecule has 9 atom stereocenters. The summed E-state index contributed by atoms with van der Waals surface area (Å²) in [6.45, 7) is 7.57. The van der Waals surface area contributed by atoms with Crippen LogP contribution >= 0.6 is 22.7 Å². The van der Waals surface area contributed by atoms with Crippen molar-refractivity contribution in [2.24, 2.45) is 28.9 Å². The Hall–Kier alpha value is -2.74. The van der Waals surface area contributed by atoms with E-state index in [0.717, 1.165) is 58.0 Å². The normalized spacial score (nSPS) is 36.1. The highest BCUT2D eigenvalue weighted by Gasteiger charge is 2.63. The quantitative estimate of drug-likeness (QED) is 0.305. The average Bonchev–Trinajstić information content (AvgIpc) is 3.74. The Morgan fingerprint density at radius 2 is 1.89 bits per heavy atom. The standard InChI is InChI=1S/C48H56N2O2S2/c1-27-13-18-40-38(23-27)48(37-17-15-30(25-42(37)52-40)33-8-6-12-44-47(33)34-20-22-50-26-45(34)54-44)35-9-3-4-10-39(35)51-41-24-29(14-16-36(41)48)32-7-5-11-43-46(32)31(19-21-49)28(2)53-43/h5,9,11,13,15,17-18,24-25,27,32-33,36-37,39,41-42,50H,3-4,6-8,10,12,14,16,19-23,26,49H2,1-2H3. The minimum Gasteiger partial charge on any atom is -0.486 e. The summed E-state index contributed by atoms with van der Waals surface area (Å²) >= 11 is 4.07. The Bertz CT molecular complexity index is 2100. The minimum absolute atomic E-state index is 0.0366. The van der Waals surface area contributed by atoms with Crippen molar-refractivity contribution in [3.8, 4) is 0 Å². The number of nitrogens with two attached hydrogens (primary N) is 1. The number of aryl methyl sites for hydroxylation is 2. The highest BCUT2D eigenvalue weighted by atomic mass is 32.1. The summed E-state index contributed by atoms with van der Waals surface area (Å²) in [5.74, 6) is 3.28. The topological polar surface area (TPSA) is 56.5 Å². The van der Waals surface area contributed by atoms with E-state index in [1.54, 1.807) is 43.2 Å². The summed E-state index contributed by atoms with van der Waals surface area (Å²) in [5, 5.41) is 3.65. The molecule has 1 spiro atoms. The summed E-state index contributed by atoms with van der Waals surface area (Å²) in [5.41, 5.74) is 18.9. The van der Waals surface area contributed by atoms with Crippen molar-refractivity contribution in [1.82, 2.24) is 5.32 Å². The fourth-order valence-corrected chi connectivity index (χ4v) is 15.5. The predicted molar refractivity (Wildman–Crippen MR) is 223 cm³/mol. The van der Waals surface area contributed by atoms with Crippen molar-refractivity contribution in [2.45, 2.75) is 128 Å². The highest BCUT2D eigenvalue weighted by Crippen LogP contribution is 2.66. The van der Waals surface area contributed by atoms with Crippen molar-refractivity contribution in [1.29, 1.82) is 0 Å². The minimum atomic E-state index is -0.0852. The fraction of sp³-hybridized carbons (Fsp3) is 0.542. The van der Waals surface area contributed by atoms with Gasteiger partial charge in [-0.1, -0.05) is 49.0 Å². The summed E-state index contributed by atoms with van der Waals surface area (Å²) in [6.07, 6.45) is 37.0. The molecule has 0 radical (unpaired) electrons. The van der Waals surface area contributed by atoms with Gasteiger partial charge in [0.1, 0.15) is 11.9 Å². The third-order valence-corrected chi connectivity index (χ3v) is 17.4. The Labute approximate surface area is 330 Å². The Kier molecular flexibility index (Phi) is 8.59.